The number of benzene rings is 1. The fourth-order valence-electron chi connectivity index (χ4n) is 2.65. The summed E-state index contributed by atoms with van der Waals surface area (Å²) in [4.78, 5) is 22.9. The molecule has 0 bridgehead atoms. The predicted molar refractivity (Wildman–Crippen MR) is 91.3 cm³/mol. The van der Waals surface area contributed by atoms with Gasteiger partial charge in [-0.2, -0.15) is 0 Å². The van der Waals surface area contributed by atoms with Crippen LogP contribution in [0.5, 0.6) is 0 Å². The first kappa shape index (κ1) is 15.7. The van der Waals surface area contributed by atoms with E-state index >= 15 is 0 Å². The van der Waals surface area contributed by atoms with E-state index in [2.05, 4.69) is 15.3 Å². The summed E-state index contributed by atoms with van der Waals surface area (Å²) in [6.07, 6.45) is 4.91. The number of hydrogen-bond acceptors (Lipinski definition) is 4. The maximum atomic E-state index is 12.5. The summed E-state index contributed by atoms with van der Waals surface area (Å²) in [6.45, 7) is 3.58. The Balaban J connectivity index is 1.79. The van der Waals surface area contributed by atoms with Crippen LogP contribution >= 0.6 is 11.6 Å². The second kappa shape index (κ2) is 6.96. The van der Waals surface area contributed by atoms with Crippen molar-refractivity contribution in [2.75, 3.05) is 18.4 Å². The number of halogens is 1. The third-order valence-electron chi connectivity index (χ3n) is 3.96. The third-order valence-corrected chi connectivity index (χ3v) is 4.20. The van der Waals surface area contributed by atoms with Gasteiger partial charge in [-0.15, -0.1) is 0 Å². The van der Waals surface area contributed by atoms with Crippen molar-refractivity contribution in [3.63, 3.8) is 0 Å². The summed E-state index contributed by atoms with van der Waals surface area (Å²) in [6, 6.07) is 7.24. The van der Waals surface area contributed by atoms with E-state index in [1.165, 1.54) is 6.42 Å². The number of rotatable bonds is 3. The molecule has 3 rings (SSSR count). The van der Waals surface area contributed by atoms with Gasteiger partial charge in [0.25, 0.3) is 5.91 Å². The van der Waals surface area contributed by atoms with Crippen LogP contribution < -0.4 is 5.32 Å². The van der Waals surface area contributed by atoms with E-state index in [9.17, 15) is 4.79 Å². The van der Waals surface area contributed by atoms with Crippen LogP contribution in [-0.2, 0) is 0 Å². The lowest BCUT2D eigenvalue weighted by Crippen LogP contribution is -2.36. The van der Waals surface area contributed by atoms with E-state index < -0.39 is 0 Å². The number of likely N-dealkylation sites (tertiary alicyclic amines) is 1. The van der Waals surface area contributed by atoms with Crippen molar-refractivity contribution in [2.24, 2.45) is 0 Å². The molecule has 1 aromatic heterocycles. The molecule has 0 atom stereocenters. The van der Waals surface area contributed by atoms with Gasteiger partial charge in [-0.05, 0) is 49.9 Å². The van der Waals surface area contributed by atoms with Crippen molar-refractivity contribution in [2.45, 2.75) is 26.2 Å². The molecule has 0 unspecified atom stereocenters. The Labute approximate surface area is 140 Å². The van der Waals surface area contributed by atoms with Crippen LogP contribution in [0.4, 0.5) is 11.6 Å². The molecule has 0 spiro atoms. The highest BCUT2D eigenvalue weighted by atomic mass is 35.5. The lowest BCUT2D eigenvalue weighted by atomic mass is 10.1. The van der Waals surface area contributed by atoms with Crippen molar-refractivity contribution in [3.05, 3.63) is 46.7 Å². The molecule has 1 aliphatic rings. The zero-order valence-corrected chi connectivity index (χ0v) is 13.8. The van der Waals surface area contributed by atoms with Gasteiger partial charge in [-0.3, -0.25) is 4.79 Å². The summed E-state index contributed by atoms with van der Waals surface area (Å²) in [7, 11) is 0. The molecule has 6 heteroatoms. The lowest BCUT2D eigenvalue weighted by molar-refractivity contribution is 0.0718. The first-order valence-electron chi connectivity index (χ1n) is 7.79. The fraction of sp³-hybridized carbons (Fsp3) is 0.353. The summed E-state index contributed by atoms with van der Waals surface area (Å²) in [5, 5.41) is 3.77. The van der Waals surface area contributed by atoms with Gasteiger partial charge in [0.05, 0.1) is 0 Å². The Bertz CT molecular complexity index is 713. The molecule has 1 amide bonds. The quantitative estimate of drug-likeness (QED) is 0.929. The largest absolute Gasteiger partial charge is 0.337 e. The fourth-order valence-corrected chi connectivity index (χ4v) is 2.82. The third kappa shape index (κ3) is 3.79. The number of carbonyl (C=O) groups is 1. The molecule has 120 valence electrons. The highest BCUT2D eigenvalue weighted by Crippen LogP contribution is 2.22. The topological polar surface area (TPSA) is 58.1 Å². The second-order valence-corrected chi connectivity index (χ2v) is 6.14. The maximum Gasteiger partial charge on any atom is 0.272 e. The SMILES string of the molecule is Cc1ccc(Cl)cc1Nc1nccc(C(=O)N2CCCCC2)n1. The van der Waals surface area contributed by atoms with Crippen LogP contribution in [0.2, 0.25) is 5.02 Å². The smallest absolute Gasteiger partial charge is 0.272 e. The van der Waals surface area contributed by atoms with Gasteiger partial charge in [0.2, 0.25) is 5.95 Å². The number of carbonyl (C=O) groups excluding carboxylic acids is 1. The minimum atomic E-state index is -0.0297. The molecule has 23 heavy (non-hydrogen) atoms. The number of anilines is 2. The number of hydrogen-bond donors (Lipinski definition) is 1. The van der Waals surface area contributed by atoms with E-state index in [0.29, 0.717) is 16.7 Å². The van der Waals surface area contributed by atoms with Crippen LogP contribution in [0.15, 0.2) is 30.5 Å². The standard InChI is InChI=1S/C17H19ClN4O/c1-12-5-6-13(18)11-15(12)21-17-19-8-7-14(20-17)16(23)22-9-3-2-4-10-22/h5-8,11H,2-4,9-10H2,1H3,(H,19,20,21). The molecule has 1 aromatic carbocycles. The first-order valence-corrected chi connectivity index (χ1v) is 8.17. The highest BCUT2D eigenvalue weighted by molar-refractivity contribution is 6.30. The summed E-state index contributed by atoms with van der Waals surface area (Å²) < 4.78 is 0. The van der Waals surface area contributed by atoms with Gasteiger partial charge in [-0.1, -0.05) is 17.7 Å². The van der Waals surface area contributed by atoms with Crippen LogP contribution in [0, 0.1) is 6.92 Å². The van der Waals surface area contributed by atoms with E-state index in [0.717, 1.165) is 37.2 Å². The number of aryl methyl sites for hydroxylation is 1. The Morgan fingerprint density at radius 1 is 1.22 bits per heavy atom. The molecule has 0 radical (unpaired) electrons. The molecule has 2 heterocycles. The molecular formula is C17H19ClN4O. The van der Waals surface area contributed by atoms with E-state index in [-0.39, 0.29) is 5.91 Å². The summed E-state index contributed by atoms with van der Waals surface area (Å²) in [5.41, 5.74) is 2.29. The number of aromatic nitrogens is 2. The Morgan fingerprint density at radius 2 is 2.00 bits per heavy atom. The van der Waals surface area contributed by atoms with Gasteiger partial charge in [-0.25, -0.2) is 9.97 Å². The molecule has 1 aliphatic heterocycles. The Kier molecular flexibility index (Phi) is 4.76. The second-order valence-electron chi connectivity index (χ2n) is 5.70. The first-order chi connectivity index (χ1) is 11.1. The normalized spacial score (nSPS) is 14.6. The molecule has 2 aromatic rings. The molecule has 1 saturated heterocycles. The number of nitrogens with one attached hydrogen (secondary N) is 1. The summed E-state index contributed by atoms with van der Waals surface area (Å²) >= 11 is 6.02. The number of amides is 1. The zero-order valence-electron chi connectivity index (χ0n) is 13.1. The van der Waals surface area contributed by atoms with Crippen molar-refractivity contribution in [1.29, 1.82) is 0 Å². The van der Waals surface area contributed by atoms with Crippen LogP contribution in [-0.4, -0.2) is 33.9 Å². The van der Waals surface area contributed by atoms with Gasteiger partial charge in [0, 0.05) is 30.0 Å². The monoisotopic (exact) mass is 330 g/mol. The van der Waals surface area contributed by atoms with Crippen molar-refractivity contribution < 1.29 is 4.79 Å². The van der Waals surface area contributed by atoms with E-state index in [1.807, 2.05) is 30.0 Å². The molecule has 1 N–H and O–H groups in total. The molecule has 0 saturated carbocycles. The number of piperidine rings is 1. The molecular weight excluding hydrogens is 312 g/mol. The summed E-state index contributed by atoms with van der Waals surface area (Å²) in [5.74, 6) is 0.371. The average molecular weight is 331 g/mol. The Hall–Kier alpha value is -2.14. The molecule has 5 nitrogen and oxygen atoms in total. The van der Waals surface area contributed by atoms with Gasteiger partial charge in [0.15, 0.2) is 0 Å². The zero-order chi connectivity index (χ0) is 16.2. The van der Waals surface area contributed by atoms with Crippen molar-refractivity contribution >= 4 is 29.1 Å². The lowest BCUT2D eigenvalue weighted by Gasteiger charge is -2.26. The average Bonchev–Trinajstić information content (AvgIpc) is 2.58. The minimum absolute atomic E-state index is 0.0297. The molecule has 1 fully saturated rings. The van der Waals surface area contributed by atoms with Crippen LogP contribution in [0.25, 0.3) is 0 Å². The predicted octanol–water partition coefficient (Wildman–Crippen LogP) is 3.81. The minimum Gasteiger partial charge on any atom is -0.337 e. The number of nitrogens with zero attached hydrogens (tertiary/aromatic N) is 3. The maximum absolute atomic E-state index is 12.5. The van der Waals surface area contributed by atoms with Crippen LogP contribution in [0.3, 0.4) is 0 Å². The van der Waals surface area contributed by atoms with E-state index in [1.54, 1.807) is 12.3 Å². The highest BCUT2D eigenvalue weighted by Gasteiger charge is 2.19. The molecule has 0 aliphatic carbocycles. The van der Waals surface area contributed by atoms with Crippen molar-refractivity contribution in [3.8, 4) is 0 Å². The van der Waals surface area contributed by atoms with Crippen LogP contribution in [0.1, 0.15) is 35.3 Å². The van der Waals surface area contributed by atoms with Gasteiger partial charge < -0.3 is 10.2 Å². The van der Waals surface area contributed by atoms with Gasteiger partial charge >= 0.3 is 0 Å². The van der Waals surface area contributed by atoms with Crippen molar-refractivity contribution in [1.82, 2.24) is 14.9 Å². The van der Waals surface area contributed by atoms with E-state index in [4.69, 9.17) is 11.6 Å². The van der Waals surface area contributed by atoms with Gasteiger partial charge in [0.1, 0.15) is 5.69 Å². The Morgan fingerprint density at radius 3 is 2.78 bits per heavy atom.